The molecule has 1 atom stereocenters. The molecule has 2 aromatic carbocycles. The fourth-order valence-corrected chi connectivity index (χ4v) is 3.35. The second-order valence-corrected chi connectivity index (χ2v) is 8.29. The van der Waals surface area contributed by atoms with Crippen molar-refractivity contribution in [2.24, 2.45) is 0 Å². The van der Waals surface area contributed by atoms with Gasteiger partial charge in [-0.25, -0.2) is 8.42 Å². The second-order valence-electron chi connectivity index (χ2n) is 5.95. The van der Waals surface area contributed by atoms with Crippen LogP contribution in [0.3, 0.4) is 0 Å². The van der Waals surface area contributed by atoms with Gasteiger partial charge in [0.25, 0.3) is 0 Å². The number of halogens is 1. The molecule has 0 spiro atoms. The van der Waals surface area contributed by atoms with Gasteiger partial charge < -0.3 is 5.32 Å². The van der Waals surface area contributed by atoms with Crippen LogP contribution in [0.15, 0.2) is 48.5 Å². The number of aryl methyl sites for hydroxylation is 1. The maximum Gasteiger partial charge on any atom is 0.241 e. The summed E-state index contributed by atoms with van der Waals surface area (Å²) in [6.07, 6.45) is 1.07. The number of nitrogens with one attached hydrogen (secondary N) is 1. The van der Waals surface area contributed by atoms with Gasteiger partial charge in [-0.3, -0.25) is 9.10 Å². The summed E-state index contributed by atoms with van der Waals surface area (Å²) in [6.45, 7) is 3.55. The topological polar surface area (TPSA) is 66.5 Å². The van der Waals surface area contributed by atoms with Gasteiger partial charge in [0.05, 0.1) is 18.0 Å². The lowest BCUT2D eigenvalue weighted by molar-refractivity contribution is -0.120. The van der Waals surface area contributed by atoms with Crippen LogP contribution in [0.4, 0.5) is 5.69 Å². The van der Waals surface area contributed by atoms with Crippen LogP contribution < -0.4 is 9.62 Å². The van der Waals surface area contributed by atoms with Crippen molar-refractivity contribution in [3.8, 4) is 0 Å². The van der Waals surface area contributed by atoms with Crippen molar-refractivity contribution in [1.82, 2.24) is 5.32 Å². The van der Waals surface area contributed by atoms with Crippen LogP contribution in [0.1, 0.15) is 24.1 Å². The summed E-state index contributed by atoms with van der Waals surface area (Å²) in [5.41, 5.74) is 2.48. The first-order chi connectivity index (χ1) is 11.7. The molecule has 0 bridgehead atoms. The van der Waals surface area contributed by atoms with Crippen LogP contribution in [-0.4, -0.2) is 27.1 Å². The zero-order valence-electron chi connectivity index (χ0n) is 14.4. The highest BCUT2D eigenvalue weighted by molar-refractivity contribution is 7.92. The molecule has 0 saturated carbocycles. The molecule has 7 heteroatoms. The summed E-state index contributed by atoms with van der Waals surface area (Å²) >= 11 is 5.84. The molecule has 0 saturated heterocycles. The van der Waals surface area contributed by atoms with E-state index in [9.17, 15) is 13.2 Å². The summed E-state index contributed by atoms with van der Waals surface area (Å²) in [5.74, 6) is -0.381. The van der Waals surface area contributed by atoms with Crippen molar-refractivity contribution >= 4 is 33.2 Å². The predicted octanol–water partition coefficient (Wildman–Crippen LogP) is 3.29. The zero-order valence-corrected chi connectivity index (χ0v) is 15.9. The van der Waals surface area contributed by atoms with E-state index in [-0.39, 0.29) is 18.5 Å². The van der Waals surface area contributed by atoms with Crippen molar-refractivity contribution in [3.63, 3.8) is 0 Å². The Morgan fingerprint density at radius 3 is 2.20 bits per heavy atom. The lowest BCUT2D eigenvalue weighted by Crippen LogP contribution is -2.41. The number of sulfonamides is 1. The van der Waals surface area contributed by atoms with E-state index >= 15 is 0 Å². The number of anilines is 1. The minimum absolute atomic E-state index is 0.222. The van der Waals surface area contributed by atoms with Crippen molar-refractivity contribution in [1.29, 1.82) is 0 Å². The third-order valence-corrected chi connectivity index (χ3v) is 5.15. The van der Waals surface area contributed by atoms with E-state index in [0.717, 1.165) is 21.7 Å². The average molecular weight is 381 g/mol. The van der Waals surface area contributed by atoms with Gasteiger partial charge in [-0.05, 0) is 43.7 Å². The summed E-state index contributed by atoms with van der Waals surface area (Å²) in [7, 11) is -3.60. The highest BCUT2D eigenvalue weighted by Gasteiger charge is 2.21. The molecule has 0 fully saturated rings. The molecule has 2 aromatic rings. The standard InChI is InChI=1S/C18H21ClN2O3S/c1-13-4-6-15(7-5-13)14(2)20-18(22)12-21(25(3,23)24)17-10-8-16(19)9-11-17/h4-11,14H,12H2,1-3H3,(H,20,22)/t14-/m0/s1. The lowest BCUT2D eigenvalue weighted by Gasteiger charge is -2.23. The van der Waals surface area contributed by atoms with Crippen LogP contribution >= 0.6 is 11.6 Å². The summed E-state index contributed by atoms with van der Waals surface area (Å²) in [4.78, 5) is 12.3. The molecule has 0 heterocycles. The summed E-state index contributed by atoms with van der Waals surface area (Å²) in [6, 6.07) is 13.9. The largest absolute Gasteiger partial charge is 0.348 e. The Morgan fingerprint density at radius 2 is 1.68 bits per heavy atom. The molecule has 0 unspecified atom stereocenters. The van der Waals surface area contributed by atoms with Gasteiger partial charge in [-0.1, -0.05) is 41.4 Å². The molecule has 0 aliphatic carbocycles. The predicted molar refractivity (Wildman–Crippen MR) is 101 cm³/mol. The highest BCUT2D eigenvalue weighted by Crippen LogP contribution is 2.20. The van der Waals surface area contributed by atoms with E-state index in [1.165, 1.54) is 0 Å². The van der Waals surface area contributed by atoms with Gasteiger partial charge >= 0.3 is 0 Å². The van der Waals surface area contributed by atoms with Crippen LogP contribution in [0, 0.1) is 6.92 Å². The molecule has 0 aliphatic rings. The van der Waals surface area contributed by atoms with Gasteiger partial charge in [0, 0.05) is 5.02 Å². The van der Waals surface area contributed by atoms with Crippen LogP contribution in [0.5, 0.6) is 0 Å². The van der Waals surface area contributed by atoms with E-state index < -0.39 is 10.0 Å². The van der Waals surface area contributed by atoms with Crippen molar-refractivity contribution in [3.05, 3.63) is 64.7 Å². The number of benzene rings is 2. The van der Waals surface area contributed by atoms with Crippen molar-refractivity contribution in [2.75, 3.05) is 17.1 Å². The Bertz CT molecular complexity index is 834. The molecule has 1 N–H and O–H groups in total. The van der Waals surface area contributed by atoms with Crippen LogP contribution in [-0.2, 0) is 14.8 Å². The first-order valence-electron chi connectivity index (χ1n) is 7.76. The van der Waals surface area contributed by atoms with E-state index in [1.54, 1.807) is 24.3 Å². The van der Waals surface area contributed by atoms with E-state index in [2.05, 4.69) is 5.32 Å². The highest BCUT2D eigenvalue weighted by atomic mass is 35.5. The molecule has 2 rings (SSSR count). The summed E-state index contributed by atoms with van der Waals surface area (Å²) < 4.78 is 25.2. The number of nitrogens with zero attached hydrogens (tertiary/aromatic N) is 1. The van der Waals surface area contributed by atoms with Gasteiger partial charge in [0.15, 0.2) is 0 Å². The quantitative estimate of drug-likeness (QED) is 0.836. The first kappa shape index (κ1) is 19.3. The SMILES string of the molecule is Cc1ccc([C@H](C)NC(=O)CN(c2ccc(Cl)cc2)S(C)(=O)=O)cc1. The fourth-order valence-electron chi connectivity index (χ4n) is 2.36. The van der Waals surface area contributed by atoms with Crippen LogP contribution in [0.25, 0.3) is 0 Å². The normalized spacial score (nSPS) is 12.5. The molecule has 0 aliphatic heterocycles. The van der Waals surface area contributed by atoms with E-state index in [1.807, 2.05) is 38.1 Å². The number of carbonyl (C=O) groups excluding carboxylic acids is 1. The molecule has 0 aromatic heterocycles. The Morgan fingerprint density at radius 1 is 1.12 bits per heavy atom. The molecular weight excluding hydrogens is 360 g/mol. The van der Waals surface area contributed by atoms with E-state index in [4.69, 9.17) is 11.6 Å². The Balaban J connectivity index is 2.12. The first-order valence-corrected chi connectivity index (χ1v) is 9.98. The lowest BCUT2D eigenvalue weighted by atomic mass is 10.1. The van der Waals surface area contributed by atoms with Crippen molar-refractivity contribution < 1.29 is 13.2 Å². The zero-order chi connectivity index (χ0) is 18.6. The minimum atomic E-state index is -3.60. The number of rotatable bonds is 6. The average Bonchev–Trinajstić information content (AvgIpc) is 2.53. The van der Waals surface area contributed by atoms with Crippen molar-refractivity contribution in [2.45, 2.75) is 19.9 Å². The number of hydrogen-bond acceptors (Lipinski definition) is 3. The Hall–Kier alpha value is -2.05. The molecule has 1 amide bonds. The number of amides is 1. The van der Waals surface area contributed by atoms with Gasteiger partial charge in [0.2, 0.25) is 15.9 Å². The summed E-state index contributed by atoms with van der Waals surface area (Å²) in [5, 5.41) is 3.32. The van der Waals surface area contributed by atoms with Crippen LogP contribution in [0.2, 0.25) is 5.02 Å². The fraction of sp³-hybridized carbons (Fsp3) is 0.278. The maximum atomic E-state index is 12.3. The molecular formula is C18H21ClN2O3S. The minimum Gasteiger partial charge on any atom is -0.348 e. The second kappa shape index (κ2) is 7.89. The number of hydrogen-bond donors (Lipinski definition) is 1. The Labute approximate surface area is 153 Å². The van der Waals surface area contributed by atoms with Gasteiger partial charge in [-0.15, -0.1) is 0 Å². The smallest absolute Gasteiger partial charge is 0.241 e. The molecule has 134 valence electrons. The number of carbonyl (C=O) groups is 1. The van der Waals surface area contributed by atoms with Gasteiger partial charge in [0.1, 0.15) is 6.54 Å². The van der Waals surface area contributed by atoms with E-state index in [0.29, 0.717) is 10.7 Å². The maximum absolute atomic E-state index is 12.3. The third-order valence-electron chi connectivity index (χ3n) is 3.76. The third kappa shape index (κ3) is 5.47. The molecule has 5 nitrogen and oxygen atoms in total. The monoisotopic (exact) mass is 380 g/mol. The molecule has 25 heavy (non-hydrogen) atoms. The Kier molecular flexibility index (Phi) is 6.08. The molecule has 0 radical (unpaired) electrons. The van der Waals surface area contributed by atoms with Gasteiger partial charge in [-0.2, -0.15) is 0 Å².